The van der Waals surface area contributed by atoms with Crippen LogP contribution >= 0.6 is 0 Å². The highest BCUT2D eigenvalue weighted by Gasteiger charge is 2.11. The maximum absolute atomic E-state index is 11.4. The molecular weight excluding hydrogens is 208 g/mol. The molecule has 0 aliphatic heterocycles. The molecule has 0 amide bonds. The van der Waals surface area contributed by atoms with Crippen LogP contribution in [0, 0.1) is 0 Å². The normalized spacial score (nSPS) is 24.2. The third-order valence-electron chi connectivity index (χ3n) is 3.48. The Morgan fingerprint density at radius 3 is 2.65 bits per heavy atom. The lowest BCUT2D eigenvalue weighted by molar-refractivity contribution is -0.114. The van der Waals surface area contributed by atoms with Crippen LogP contribution in [-0.4, -0.2) is 5.78 Å². The highest BCUT2D eigenvalue weighted by molar-refractivity contribution is 5.89. The quantitative estimate of drug-likeness (QED) is 0.702. The lowest BCUT2D eigenvalue weighted by Gasteiger charge is -2.17. The first kappa shape index (κ1) is 12.1. The number of hydrogen-bond donors (Lipinski definition) is 0. The van der Waals surface area contributed by atoms with Crippen LogP contribution in [0.25, 0.3) is 0 Å². The van der Waals surface area contributed by atoms with Crippen molar-refractivity contribution in [3.8, 4) is 0 Å². The maximum atomic E-state index is 11.4. The molecule has 2 rings (SSSR count). The summed E-state index contributed by atoms with van der Waals surface area (Å²) in [4.78, 5) is 11.4. The first-order valence-corrected chi connectivity index (χ1v) is 6.60. The van der Waals surface area contributed by atoms with Crippen LogP contribution in [0.2, 0.25) is 0 Å². The van der Waals surface area contributed by atoms with E-state index in [1.165, 1.54) is 18.4 Å². The fourth-order valence-electron chi connectivity index (χ4n) is 2.49. The second kappa shape index (κ2) is 6.39. The number of ketones is 1. The van der Waals surface area contributed by atoms with Crippen molar-refractivity contribution in [2.24, 2.45) is 0 Å². The fourth-order valence-corrected chi connectivity index (χ4v) is 2.49. The van der Waals surface area contributed by atoms with Crippen molar-refractivity contribution >= 4 is 5.78 Å². The molecule has 1 aliphatic rings. The Hall–Kier alpha value is -1.37. The summed E-state index contributed by atoms with van der Waals surface area (Å²) in [5.74, 6) is 0.956. The average molecular weight is 228 g/mol. The zero-order chi connectivity index (χ0) is 11.9. The number of benzene rings is 1. The molecule has 0 aromatic heterocycles. The van der Waals surface area contributed by atoms with Crippen LogP contribution in [0.1, 0.15) is 50.0 Å². The van der Waals surface area contributed by atoms with Crippen LogP contribution in [0.5, 0.6) is 0 Å². The van der Waals surface area contributed by atoms with Crippen LogP contribution in [0.4, 0.5) is 0 Å². The van der Waals surface area contributed by atoms with Gasteiger partial charge in [-0.1, -0.05) is 42.8 Å². The minimum absolute atomic E-state index is 0.295. The summed E-state index contributed by atoms with van der Waals surface area (Å²) < 4.78 is 0. The van der Waals surface area contributed by atoms with Crippen molar-refractivity contribution in [2.45, 2.75) is 44.4 Å². The van der Waals surface area contributed by atoms with E-state index in [-0.39, 0.29) is 0 Å². The van der Waals surface area contributed by atoms with E-state index in [0.29, 0.717) is 11.7 Å². The van der Waals surface area contributed by atoms with E-state index in [1.54, 1.807) is 6.08 Å². The summed E-state index contributed by atoms with van der Waals surface area (Å²) in [7, 11) is 0. The minimum atomic E-state index is 0.295. The molecule has 17 heavy (non-hydrogen) atoms. The first-order valence-electron chi connectivity index (χ1n) is 6.60. The van der Waals surface area contributed by atoms with E-state index >= 15 is 0 Å². The van der Waals surface area contributed by atoms with Gasteiger partial charge in [-0.05, 0) is 43.2 Å². The summed E-state index contributed by atoms with van der Waals surface area (Å²) in [6, 6.07) is 10.8. The molecule has 0 saturated carbocycles. The highest BCUT2D eigenvalue weighted by atomic mass is 16.1. The van der Waals surface area contributed by atoms with Gasteiger partial charge in [-0.2, -0.15) is 0 Å². The Labute approximate surface area is 104 Å². The molecule has 0 heterocycles. The number of rotatable bonds is 1. The zero-order valence-electron chi connectivity index (χ0n) is 10.3. The Bertz CT molecular complexity index is 378. The zero-order valence-corrected chi connectivity index (χ0v) is 10.3. The monoisotopic (exact) mass is 228 g/mol. The van der Waals surface area contributed by atoms with Crippen LogP contribution in [0.3, 0.4) is 0 Å². The van der Waals surface area contributed by atoms with Gasteiger partial charge in [-0.15, -0.1) is 0 Å². The third-order valence-corrected chi connectivity index (χ3v) is 3.48. The Morgan fingerprint density at radius 1 is 1.00 bits per heavy atom. The highest BCUT2D eigenvalue weighted by Crippen LogP contribution is 2.28. The Balaban J connectivity index is 2.02. The van der Waals surface area contributed by atoms with Crippen LogP contribution in [0.15, 0.2) is 42.5 Å². The summed E-state index contributed by atoms with van der Waals surface area (Å²) in [6.07, 6.45) is 10.1. The van der Waals surface area contributed by atoms with Crippen molar-refractivity contribution in [3.05, 3.63) is 48.0 Å². The molecule has 0 radical (unpaired) electrons. The molecular formula is C16H20O. The fraction of sp³-hybridized carbons (Fsp3) is 0.438. The van der Waals surface area contributed by atoms with Crippen LogP contribution < -0.4 is 0 Å². The topological polar surface area (TPSA) is 17.1 Å². The number of allylic oxidation sites excluding steroid dienone is 2. The molecule has 1 aromatic rings. The van der Waals surface area contributed by atoms with Crippen molar-refractivity contribution < 1.29 is 4.79 Å². The predicted octanol–water partition coefficient (Wildman–Crippen LogP) is 4.25. The number of hydrogen-bond acceptors (Lipinski definition) is 1. The van der Waals surface area contributed by atoms with Gasteiger partial charge >= 0.3 is 0 Å². The molecule has 0 bridgehead atoms. The molecule has 1 aliphatic carbocycles. The van der Waals surface area contributed by atoms with Gasteiger partial charge in [-0.3, -0.25) is 4.79 Å². The molecule has 1 atom stereocenters. The Morgan fingerprint density at radius 2 is 1.82 bits per heavy atom. The van der Waals surface area contributed by atoms with Crippen molar-refractivity contribution in [3.63, 3.8) is 0 Å². The molecule has 1 unspecified atom stereocenters. The van der Waals surface area contributed by atoms with E-state index in [2.05, 4.69) is 30.3 Å². The van der Waals surface area contributed by atoms with Gasteiger partial charge in [0, 0.05) is 6.42 Å². The van der Waals surface area contributed by atoms with Gasteiger partial charge < -0.3 is 0 Å². The lowest BCUT2D eigenvalue weighted by atomic mass is 9.88. The Kier molecular flexibility index (Phi) is 4.54. The second-order valence-corrected chi connectivity index (χ2v) is 4.80. The van der Waals surface area contributed by atoms with E-state index in [9.17, 15) is 4.79 Å². The number of carbonyl (C=O) groups is 1. The van der Waals surface area contributed by atoms with E-state index in [4.69, 9.17) is 0 Å². The van der Waals surface area contributed by atoms with Gasteiger partial charge in [-0.25, -0.2) is 0 Å². The molecule has 0 spiro atoms. The first-order chi connectivity index (χ1) is 8.36. The van der Waals surface area contributed by atoms with E-state index in [1.807, 2.05) is 6.08 Å². The van der Waals surface area contributed by atoms with Crippen molar-refractivity contribution in [2.75, 3.05) is 0 Å². The molecule has 90 valence electrons. The summed E-state index contributed by atoms with van der Waals surface area (Å²) in [6.45, 7) is 0. The maximum Gasteiger partial charge on any atom is 0.155 e. The average Bonchev–Trinajstić information content (AvgIpc) is 2.38. The van der Waals surface area contributed by atoms with Gasteiger partial charge in [0.25, 0.3) is 0 Å². The molecule has 0 saturated heterocycles. The largest absolute Gasteiger partial charge is 0.295 e. The summed E-state index contributed by atoms with van der Waals surface area (Å²) in [5, 5.41) is 0. The standard InChI is InChI=1S/C16H20O/c17-16-12-6-4-10-15(11-5-7-13-16)14-8-2-1-3-9-14/h1-3,6,8-9,12,15H,4-5,7,10-11,13H2/b12-6-. The smallest absolute Gasteiger partial charge is 0.155 e. The minimum Gasteiger partial charge on any atom is -0.295 e. The van der Waals surface area contributed by atoms with Gasteiger partial charge in [0.1, 0.15) is 0 Å². The van der Waals surface area contributed by atoms with Crippen LogP contribution in [-0.2, 0) is 4.79 Å². The van der Waals surface area contributed by atoms with Gasteiger partial charge in [0.15, 0.2) is 5.78 Å². The summed E-state index contributed by atoms with van der Waals surface area (Å²) in [5.41, 5.74) is 1.45. The molecule has 1 aromatic carbocycles. The molecule has 1 nitrogen and oxygen atoms in total. The SMILES string of the molecule is O=C1/C=C\CCC(c2ccccc2)CCCC1. The second-order valence-electron chi connectivity index (χ2n) is 4.80. The number of carbonyl (C=O) groups excluding carboxylic acids is 1. The molecule has 1 heteroatoms. The van der Waals surface area contributed by atoms with Gasteiger partial charge in [0.05, 0.1) is 0 Å². The summed E-state index contributed by atoms with van der Waals surface area (Å²) >= 11 is 0. The lowest BCUT2D eigenvalue weighted by Crippen LogP contribution is -2.02. The molecule has 0 N–H and O–H groups in total. The van der Waals surface area contributed by atoms with Crippen molar-refractivity contribution in [1.82, 2.24) is 0 Å². The van der Waals surface area contributed by atoms with Gasteiger partial charge in [0.2, 0.25) is 0 Å². The van der Waals surface area contributed by atoms with E-state index < -0.39 is 0 Å². The van der Waals surface area contributed by atoms with E-state index in [0.717, 1.165) is 25.7 Å². The molecule has 0 fully saturated rings. The predicted molar refractivity (Wildman–Crippen MR) is 71.0 cm³/mol. The third kappa shape index (κ3) is 3.85. The van der Waals surface area contributed by atoms with Crippen molar-refractivity contribution in [1.29, 1.82) is 0 Å².